The van der Waals surface area contributed by atoms with E-state index in [4.69, 9.17) is 6.42 Å². The smallest absolute Gasteiger partial charge is 0.127 e. The molecule has 0 heterocycles. The Morgan fingerprint density at radius 3 is 2.67 bits per heavy atom. The molecule has 1 nitrogen and oxygen atoms in total. The quantitative estimate of drug-likeness (QED) is 0.754. The number of halogens is 2. The van der Waals surface area contributed by atoms with Crippen LogP contribution < -0.4 is 5.32 Å². The van der Waals surface area contributed by atoms with E-state index in [1.54, 1.807) is 13.8 Å². The molecule has 1 aromatic carbocycles. The zero-order valence-electron chi connectivity index (χ0n) is 8.77. The monoisotopic (exact) mass is 209 g/mol. The Morgan fingerprint density at radius 2 is 2.07 bits per heavy atom. The van der Waals surface area contributed by atoms with Gasteiger partial charge < -0.3 is 0 Å². The van der Waals surface area contributed by atoms with E-state index in [2.05, 4.69) is 11.2 Å². The minimum Gasteiger partial charge on any atom is -0.297 e. The van der Waals surface area contributed by atoms with Crippen LogP contribution in [0.25, 0.3) is 0 Å². The van der Waals surface area contributed by atoms with Crippen molar-refractivity contribution in [2.75, 3.05) is 0 Å². The molecule has 0 radical (unpaired) electrons. The summed E-state index contributed by atoms with van der Waals surface area (Å²) in [6.45, 7) is 3.80. The third-order valence-electron chi connectivity index (χ3n) is 2.09. The third-order valence-corrected chi connectivity index (χ3v) is 2.09. The summed E-state index contributed by atoms with van der Waals surface area (Å²) in [6, 6.07) is 3.36. The molecule has 0 saturated carbocycles. The van der Waals surface area contributed by atoms with Crippen LogP contribution in [0.4, 0.5) is 8.78 Å². The summed E-state index contributed by atoms with van der Waals surface area (Å²) in [4.78, 5) is 0. The van der Waals surface area contributed by atoms with Gasteiger partial charge in [-0.2, -0.15) is 0 Å². The van der Waals surface area contributed by atoms with Crippen LogP contribution in [-0.2, 0) is 6.54 Å². The number of hydrogen-bond acceptors (Lipinski definition) is 1. The van der Waals surface area contributed by atoms with Gasteiger partial charge >= 0.3 is 0 Å². The van der Waals surface area contributed by atoms with Crippen LogP contribution in [0, 0.1) is 24.0 Å². The van der Waals surface area contributed by atoms with Crippen molar-refractivity contribution in [2.45, 2.75) is 25.9 Å². The van der Waals surface area contributed by atoms with Gasteiger partial charge in [-0.25, -0.2) is 8.78 Å². The SMILES string of the molecule is C#CC(C)(C)NCc1cc(F)ccc1F. The second-order valence-corrected chi connectivity index (χ2v) is 3.86. The first-order valence-corrected chi connectivity index (χ1v) is 4.61. The molecule has 0 fully saturated rings. The highest BCUT2D eigenvalue weighted by molar-refractivity contribution is 5.19. The van der Waals surface area contributed by atoms with Gasteiger partial charge in [0.05, 0.1) is 5.54 Å². The maximum Gasteiger partial charge on any atom is 0.127 e. The van der Waals surface area contributed by atoms with E-state index >= 15 is 0 Å². The van der Waals surface area contributed by atoms with E-state index in [0.29, 0.717) is 0 Å². The van der Waals surface area contributed by atoms with Gasteiger partial charge in [0.2, 0.25) is 0 Å². The van der Waals surface area contributed by atoms with Crippen molar-refractivity contribution in [2.24, 2.45) is 0 Å². The number of nitrogens with one attached hydrogen (secondary N) is 1. The van der Waals surface area contributed by atoms with Gasteiger partial charge in [-0.3, -0.25) is 5.32 Å². The molecule has 80 valence electrons. The minimum atomic E-state index is -0.529. The Balaban J connectivity index is 2.74. The van der Waals surface area contributed by atoms with E-state index in [-0.39, 0.29) is 12.1 Å². The second-order valence-electron chi connectivity index (χ2n) is 3.86. The molecule has 0 aliphatic carbocycles. The molecule has 0 aromatic heterocycles. The number of benzene rings is 1. The predicted molar refractivity (Wildman–Crippen MR) is 56.1 cm³/mol. The van der Waals surface area contributed by atoms with Gasteiger partial charge in [-0.05, 0) is 32.0 Å². The van der Waals surface area contributed by atoms with Crippen LogP contribution in [0.5, 0.6) is 0 Å². The van der Waals surface area contributed by atoms with Crippen molar-refractivity contribution in [3.8, 4) is 12.3 Å². The van der Waals surface area contributed by atoms with Crippen LogP contribution in [0.1, 0.15) is 19.4 Å². The molecule has 0 atom stereocenters. The largest absolute Gasteiger partial charge is 0.297 e. The zero-order chi connectivity index (χ0) is 11.5. The second kappa shape index (κ2) is 4.41. The molecule has 1 aromatic rings. The molecule has 0 spiro atoms. The van der Waals surface area contributed by atoms with Gasteiger partial charge in [0.25, 0.3) is 0 Å². The average molecular weight is 209 g/mol. The topological polar surface area (TPSA) is 12.0 Å². The highest BCUT2D eigenvalue weighted by Crippen LogP contribution is 2.11. The van der Waals surface area contributed by atoms with Crippen molar-refractivity contribution in [3.63, 3.8) is 0 Å². The Kier molecular flexibility index (Phi) is 3.43. The lowest BCUT2D eigenvalue weighted by Crippen LogP contribution is -2.37. The Morgan fingerprint density at radius 1 is 1.40 bits per heavy atom. The van der Waals surface area contributed by atoms with Crippen molar-refractivity contribution in [1.29, 1.82) is 0 Å². The molecule has 1 rings (SSSR count). The van der Waals surface area contributed by atoms with Crippen LogP contribution in [0.3, 0.4) is 0 Å². The first-order chi connectivity index (χ1) is 6.94. The Bertz CT molecular complexity index is 391. The van der Waals surface area contributed by atoms with E-state index < -0.39 is 17.2 Å². The standard InChI is InChI=1S/C12H13F2N/c1-4-12(2,3)15-8-9-7-10(13)5-6-11(9)14/h1,5-7,15H,8H2,2-3H3. The van der Waals surface area contributed by atoms with Gasteiger partial charge in [0.15, 0.2) is 0 Å². The summed E-state index contributed by atoms with van der Waals surface area (Å²) >= 11 is 0. The number of rotatable bonds is 3. The summed E-state index contributed by atoms with van der Waals surface area (Å²) in [5.41, 5.74) is -0.253. The Hall–Kier alpha value is -1.40. The van der Waals surface area contributed by atoms with Crippen molar-refractivity contribution >= 4 is 0 Å². The molecule has 0 aliphatic heterocycles. The van der Waals surface area contributed by atoms with Gasteiger partial charge in [-0.1, -0.05) is 5.92 Å². The summed E-state index contributed by atoms with van der Waals surface area (Å²) in [6.07, 6.45) is 5.26. The van der Waals surface area contributed by atoms with Gasteiger partial charge in [-0.15, -0.1) is 6.42 Å². The maximum absolute atomic E-state index is 13.2. The van der Waals surface area contributed by atoms with Crippen LogP contribution >= 0.6 is 0 Å². The maximum atomic E-state index is 13.2. The van der Waals surface area contributed by atoms with E-state index in [1.807, 2.05) is 0 Å². The first kappa shape index (κ1) is 11.7. The van der Waals surface area contributed by atoms with Gasteiger partial charge in [0.1, 0.15) is 11.6 Å². The lowest BCUT2D eigenvalue weighted by Gasteiger charge is -2.19. The normalized spacial score (nSPS) is 11.1. The fraction of sp³-hybridized carbons (Fsp3) is 0.333. The van der Waals surface area contributed by atoms with Gasteiger partial charge in [0, 0.05) is 12.1 Å². The number of hydrogen-bond donors (Lipinski definition) is 1. The van der Waals surface area contributed by atoms with E-state index in [1.165, 1.54) is 0 Å². The molecule has 15 heavy (non-hydrogen) atoms. The highest BCUT2D eigenvalue weighted by atomic mass is 19.1. The van der Waals surface area contributed by atoms with Crippen LogP contribution in [-0.4, -0.2) is 5.54 Å². The van der Waals surface area contributed by atoms with Crippen LogP contribution in [0.2, 0.25) is 0 Å². The molecule has 0 amide bonds. The fourth-order valence-corrected chi connectivity index (χ4v) is 1.05. The minimum absolute atomic E-state index is 0.209. The third kappa shape index (κ3) is 3.34. The van der Waals surface area contributed by atoms with Crippen molar-refractivity contribution in [1.82, 2.24) is 5.32 Å². The summed E-state index contributed by atoms with van der Waals surface area (Å²) in [5.74, 6) is 1.63. The highest BCUT2D eigenvalue weighted by Gasteiger charge is 2.13. The Labute approximate surface area is 88.5 Å². The van der Waals surface area contributed by atoms with Crippen LogP contribution in [0.15, 0.2) is 18.2 Å². The molecule has 0 unspecified atom stereocenters. The molecular weight excluding hydrogens is 196 g/mol. The molecule has 0 aliphatic rings. The summed E-state index contributed by atoms with van der Waals surface area (Å²) in [7, 11) is 0. The molecular formula is C12H13F2N. The fourth-order valence-electron chi connectivity index (χ4n) is 1.05. The van der Waals surface area contributed by atoms with Crippen molar-refractivity contribution in [3.05, 3.63) is 35.4 Å². The number of terminal acetylenes is 1. The first-order valence-electron chi connectivity index (χ1n) is 4.61. The molecule has 1 N–H and O–H groups in total. The van der Waals surface area contributed by atoms with E-state index in [9.17, 15) is 8.78 Å². The summed E-state index contributed by atoms with van der Waals surface area (Å²) in [5, 5.41) is 2.95. The predicted octanol–water partition coefficient (Wildman–Crippen LogP) is 2.47. The average Bonchev–Trinajstić information content (AvgIpc) is 2.20. The molecule has 3 heteroatoms. The lowest BCUT2D eigenvalue weighted by atomic mass is 10.1. The zero-order valence-corrected chi connectivity index (χ0v) is 8.77. The van der Waals surface area contributed by atoms with E-state index in [0.717, 1.165) is 18.2 Å². The van der Waals surface area contributed by atoms with Crippen molar-refractivity contribution < 1.29 is 8.78 Å². The molecule has 0 bridgehead atoms. The lowest BCUT2D eigenvalue weighted by molar-refractivity contribution is 0.477. The molecule has 0 saturated heterocycles. The summed E-state index contributed by atoms with van der Waals surface area (Å²) < 4.78 is 26.0.